The van der Waals surface area contributed by atoms with Gasteiger partial charge in [-0.25, -0.2) is 0 Å². The van der Waals surface area contributed by atoms with E-state index in [4.69, 9.17) is 11.6 Å². The molecule has 1 unspecified atom stereocenters. The SMILES string of the molecule is Cc1cccc(C(=O)NCC(C)(O)c2ccc(Cl)cc2)c1. The van der Waals surface area contributed by atoms with Crippen LogP contribution in [-0.2, 0) is 5.60 Å². The average molecular weight is 304 g/mol. The Morgan fingerprint density at radius 3 is 2.52 bits per heavy atom. The molecule has 2 N–H and O–H groups in total. The highest BCUT2D eigenvalue weighted by atomic mass is 35.5. The lowest BCUT2D eigenvalue weighted by Gasteiger charge is -2.24. The molecular weight excluding hydrogens is 286 g/mol. The maximum Gasteiger partial charge on any atom is 0.251 e. The minimum absolute atomic E-state index is 0.126. The molecule has 4 heteroatoms. The van der Waals surface area contributed by atoms with Crippen LogP contribution >= 0.6 is 11.6 Å². The van der Waals surface area contributed by atoms with Crippen molar-refractivity contribution in [1.82, 2.24) is 5.32 Å². The van der Waals surface area contributed by atoms with Crippen LogP contribution in [0.15, 0.2) is 48.5 Å². The van der Waals surface area contributed by atoms with E-state index in [0.29, 0.717) is 16.1 Å². The fraction of sp³-hybridized carbons (Fsp3) is 0.235. The molecule has 21 heavy (non-hydrogen) atoms. The van der Waals surface area contributed by atoms with Gasteiger partial charge >= 0.3 is 0 Å². The molecule has 0 aromatic heterocycles. The summed E-state index contributed by atoms with van der Waals surface area (Å²) in [6.45, 7) is 3.72. The summed E-state index contributed by atoms with van der Waals surface area (Å²) >= 11 is 5.83. The van der Waals surface area contributed by atoms with Crippen molar-refractivity contribution < 1.29 is 9.90 Å². The number of carbonyl (C=O) groups excluding carboxylic acids is 1. The molecule has 0 saturated heterocycles. The van der Waals surface area contributed by atoms with Gasteiger partial charge in [0.15, 0.2) is 0 Å². The fourth-order valence-electron chi connectivity index (χ4n) is 2.05. The summed E-state index contributed by atoms with van der Waals surface area (Å²) in [5.74, 6) is -0.201. The van der Waals surface area contributed by atoms with E-state index in [0.717, 1.165) is 5.56 Å². The Morgan fingerprint density at radius 1 is 1.24 bits per heavy atom. The molecule has 2 aromatic rings. The molecule has 0 radical (unpaired) electrons. The molecule has 0 aliphatic rings. The van der Waals surface area contributed by atoms with Crippen LogP contribution in [0.1, 0.15) is 28.4 Å². The van der Waals surface area contributed by atoms with Crippen molar-refractivity contribution in [2.45, 2.75) is 19.4 Å². The molecule has 0 fully saturated rings. The summed E-state index contributed by atoms with van der Waals surface area (Å²) in [6, 6.07) is 14.3. The highest BCUT2D eigenvalue weighted by molar-refractivity contribution is 6.30. The first-order valence-electron chi connectivity index (χ1n) is 6.72. The zero-order valence-electron chi connectivity index (χ0n) is 12.1. The van der Waals surface area contributed by atoms with Crippen molar-refractivity contribution in [3.63, 3.8) is 0 Å². The van der Waals surface area contributed by atoms with E-state index in [2.05, 4.69) is 5.32 Å². The van der Waals surface area contributed by atoms with Crippen molar-refractivity contribution in [2.24, 2.45) is 0 Å². The third-order valence-electron chi connectivity index (χ3n) is 3.34. The summed E-state index contributed by atoms with van der Waals surface area (Å²) < 4.78 is 0. The van der Waals surface area contributed by atoms with E-state index in [1.807, 2.05) is 25.1 Å². The summed E-state index contributed by atoms with van der Waals surface area (Å²) in [5, 5.41) is 13.8. The van der Waals surface area contributed by atoms with E-state index in [-0.39, 0.29) is 12.5 Å². The number of aliphatic hydroxyl groups is 1. The molecule has 0 aliphatic carbocycles. The van der Waals surface area contributed by atoms with Gasteiger partial charge in [-0.2, -0.15) is 0 Å². The Bertz CT molecular complexity index is 635. The molecule has 0 saturated carbocycles. The van der Waals surface area contributed by atoms with Crippen LogP contribution in [0.5, 0.6) is 0 Å². The third kappa shape index (κ3) is 4.06. The van der Waals surface area contributed by atoms with Gasteiger partial charge in [0.25, 0.3) is 5.91 Å². The largest absolute Gasteiger partial charge is 0.384 e. The van der Waals surface area contributed by atoms with Crippen LogP contribution in [0.2, 0.25) is 5.02 Å². The van der Waals surface area contributed by atoms with Gasteiger partial charge in [-0.05, 0) is 43.7 Å². The number of aryl methyl sites for hydroxylation is 1. The molecule has 2 aromatic carbocycles. The van der Waals surface area contributed by atoms with Gasteiger partial charge in [0.2, 0.25) is 0 Å². The molecule has 1 amide bonds. The Labute approximate surface area is 129 Å². The van der Waals surface area contributed by atoms with E-state index in [1.165, 1.54) is 0 Å². The lowest BCUT2D eigenvalue weighted by molar-refractivity contribution is 0.0526. The predicted octanol–water partition coefficient (Wildman–Crippen LogP) is 3.29. The van der Waals surface area contributed by atoms with E-state index < -0.39 is 5.60 Å². The maximum atomic E-state index is 12.1. The highest BCUT2D eigenvalue weighted by Gasteiger charge is 2.23. The molecule has 110 valence electrons. The van der Waals surface area contributed by atoms with Crippen LogP contribution in [0.3, 0.4) is 0 Å². The summed E-state index contributed by atoms with van der Waals surface area (Å²) in [6.07, 6.45) is 0. The quantitative estimate of drug-likeness (QED) is 0.910. The van der Waals surface area contributed by atoms with Crippen LogP contribution in [0.25, 0.3) is 0 Å². The summed E-state index contributed by atoms with van der Waals surface area (Å²) in [5.41, 5.74) is 1.16. The lowest BCUT2D eigenvalue weighted by Crippen LogP contribution is -2.38. The number of hydrogen-bond donors (Lipinski definition) is 2. The number of amides is 1. The predicted molar refractivity (Wildman–Crippen MR) is 84.5 cm³/mol. The Kier molecular flexibility index (Phi) is 4.66. The topological polar surface area (TPSA) is 49.3 Å². The minimum atomic E-state index is -1.15. The van der Waals surface area contributed by atoms with Gasteiger partial charge in [-0.15, -0.1) is 0 Å². The molecule has 0 spiro atoms. The van der Waals surface area contributed by atoms with Gasteiger partial charge in [0.1, 0.15) is 5.60 Å². The smallest absolute Gasteiger partial charge is 0.251 e. The monoisotopic (exact) mass is 303 g/mol. The second-order valence-electron chi connectivity index (χ2n) is 5.33. The maximum absolute atomic E-state index is 12.1. The number of rotatable bonds is 4. The first kappa shape index (κ1) is 15.5. The Balaban J connectivity index is 2.04. The van der Waals surface area contributed by atoms with E-state index in [1.54, 1.807) is 37.3 Å². The lowest BCUT2D eigenvalue weighted by atomic mass is 9.96. The molecular formula is C17H18ClNO2. The third-order valence-corrected chi connectivity index (χ3v) is 3.59. The zero-order valence-corrected chi connectivity index (χ0v) is 12.8. The van der Waals surface area contributed by atoms with Crippen molar-refractivity contribution in [3.05, 3.63) is 70.2 Å². The highest BCUT2D eigenvalue weighted by Crippen LogP contribution is 2.21. The molecule has 1 atom stereocenters. The van der Waals surface area contributed by atoms with Crippen LogP contribution < -0.4 is 5.32 Å². The first-order valence-corrected chi connectivity index (χ1v) is 7.09. The average Bonchev–Trinajstić information content (AvgIpc) is 2.45. The normalized spacial score (nSPS) is 13.5. The van der Waals surface area contributed by atoms with Crippen LogP contribution in [0, 0.1) is 6.92 Å². The number of nitrogens with one attached hydrogen (secondary N) is 1. The number of halogens is 1. The van der Waals surface area contributed by atoms with Gasteiger partial charge in [-0.3, -0.25) is 4.79 Å². The number of carbonyl (C=O) groups is 1. The van der Waals surface area contributed by atoms with Crippen LogP contribution in [0.4, 0.5) is 0 Å². The summed E-state index contributed by atoms with van der Waals surface area (Å²) in [7, 11) is 0. The minimum Gasteiger partial charge on any atom is -0.384 e. The van der Waals surface area contributed by atoms with Crippen molar-refractivity contribution in [2.75, 3.05) is 6.54 Å². The fourth-order valence-corrected chi connectivity index (χ4v) is 2.18. The zero-order chi connectivity index (χ0) is 15.5. The van der Waals surface area contributed by atoms with Crippen molar-refractivity contribution in [3.8, 4) is 0 Å². The summed E-state index contributed by atoms with van der Waals surface area (Å²) in [4.78, 5) is 12.1. The van der Waals surface area contributed by atoms with Crippen molar-refractivity contribution in [1.29, 1.82) is 0 Å². The van der Waals surface area contributed by atoms with Crippen LogP contribution in [-0.4, -0.2) is 17.6 Å². The molecule has 0 bridgehead atoms. The van der Waals surface area contributed by atoms with Gasteiger partial charge in [0, 0.05) is 10.6 Å². The van der Waals surface area contributed by atoms with Gasteiger partial charge in [0.05, 0.1) is 6.54 Å². The molecule has 2 rings (SSSR count). The Morgan fingerprint density at radius 2 is 1.90 bits per heavy atom. The molecule has 0 aliphatic heterocycles. The second-order valence-corrected chi connectivity index (χ2v) is 5.77. The second kappa shape index (κ2) is 6.29. The Hall–Kier alpha value is -1.84. The molecule has 0 heterocycles. The number of hydrogen-bond acceptors (Lipinski definition) is 2. The standard InChI is InChI=1S/C17H18ClNO2/c1-12-4-3-5-13(10-12)16(20)19-11-17(2,21)14-6-8-15(18)9-7-14/h3-10,21H,11H2,1-2H3,(H,19,20). The first-order chi connectivity index (χ1) is 9.88. The van der Waals surface area contributed by atoms with Gasteiger partial charge in [-0.1, -0.05) is 41.4 Å². The number of benzene rings is 2. The van der Waals surface area contributed by atoms with E-state index in [9.17, 15) is 9.90 Å². The van der Waals surface area contributed by atoms with Gasteiger partial charge < -0.3 is 10.4 Å². The van der Waals surface area contributed by atoms with Crippen molar-refractivity contribution >= 4 is 17.5 Å². The van der Waals surface area contributed by atoms with E-state index >= 15 is 0 Å². The molecule has 3 nitrogen and oxygen atoms in total.